The minimum atomic E-state index is -0.188. The number of nitrogens with zero attached hydrogens (tertiary/aromatic N) is 3. The Balaban J connectivity index is 1.55. The molecule has 0 spiro atoms. The number of rotatable bonds is 5. The lowest BCUT2D eigenvalue weighted by molar-refractivity contribution is -0.132. The summed E-state index contributed by atoms with van der Waals surface area (Å²) >= 11 is 0. The highest BCUT2D eigenvalue weighted by atomic mass is 16.2. The molecule has 0 atom stereocenters. The molecular weight excluding hydrogens is 340 g/mol. The number of pyridine rings is 1. The van der Waals surface area contributed by atoms with Crippen molar-refractivity contribution in [1.29, 1.82) is 0 Å². The Morgan fingerprint density at radius 2 is 1.85 bits per heavy atom. The van der Waals surface area contributed by atoms with Gasteiger partial charge in [-0.15, -0.1) is 0 Å². The van der Waals surface area contributed by atoms with Crippen LogP contribution in [0.4, 0.5) is 5.69 Å². The Morgan fingerprint density at radius 1 is 1.11 bits per heavy atom. The number of anilines is 1. The number of benzene rings is 1. The molecule has 0 unspecified atom stereocenters. The zero-order chi connectivity index (χ0) is 19.4. The van der Waals surface area contributed by atoms with Crippen LogP contribution in [0.5, 0.6) is 0 Å². The van der Waals surface area contributed by atoms with Crippen molar-refractivity contribution in [1.82, 2.24) is 9.99 Å². The van der Waals surface area contributed by atoms with Gasteiger partial charge in [-0.1, -0.05) is 30.3 Å². The van der Waals surface area contributed by atoms with Gasteiger partial charge in [0.25, 0.3) is 0 Å². The zero-order valence-corrected chi connectivity index (χ0v) is 16.0. The fraction of sp³-hybridized carbons (Fsp3) is 0.333. The molecule has 6 heteroatoms. The van der Waals surface area contributed by atoms with Gasteiger partial charge in [-0.3, -0.25) is 14.6 Å². The number of carbonyl (C=O) groups excluding carboxylic acids is 2. The van der Waals surface area contributed by atoms with Crippen LogP contribution in [-0.4, -0.2) is 34.1 Å². The van der Waals surface area contributed by atoms with Gasteiger partial charge in [0, 0.05) is 25.0 Å². The highest BCUT2D eigenvalue weighted by Crippen LogP contribution is 2.20. The van der Waals surface area contributed by atoms with Crippen molar-refractivity contribution in [3.63, 3.8) is 0 Å². The van der Waals surface area contributed by atoms with Gasteiger partial charge >= 0.3 is 0 Å². The SMILES string of the molecule is Cc1cc(C)c(NC(=O)CCC(=O)N2CCC(c3ccccc3)=N2)c(C)n1. The molecule has 2 amide bonds. The number of hydrogen-bond acceptors (Lipinski definition) is 4. The van der Waals surface area contributed by atoms with E-state index in [1.54, 1.807) is 0 Å². The molecule has 1 aliphatic heterocycles. The summed E-state index contributed by atoms with van der Waals surface area (Å²) in [5, 5.41) is 8.77. The Hall–Kier alpha value is -3.02. The van der Waals surface area contributed by atoms with Crippen LogP contribution in [0.3, 0.4) is 0 Å². The first-order chi connectivity index (χ1) is 12.9. The van der Waals surface area contributed by atoms with Gasteiger partial charge in [-0.2, -0.15) is 5.10 Å². The van der Waals surface area contributed by atoms with Crippen LogP contribution >= 0.6 is 0 Å². The third-order valence-corrected chi connectivity index (χ3v) is 4.55. The average Bonchev–Trinajstić information content (AvgIpc) is 3.14. The maximum atomic E-state index is 12.4. The highest BCUT2D eigenvalue weighted by molar-refractivity contribution is 6.02. The zero-order valence-electron chi connectivity index (χ0n) is 16.0. The van der Waals surface area contributed by atoms with E-state index in [9.17, 15) is 9.59 Å². The average molecular weight is 364 g/mol. The molecule has 6 nitrogen and oxygen atoms in total. The van der Waals surface area contributed by atoms with Gasteiger partial charge in [-0.25, -0.2) is 5.01 Å². The van der Waals surface area contributed by atoms with E-state index in [4.69, 9.17) is 0 Å². The molecule has 1 aliphatic rings. The summed E-state index contributed by atoms with van der Waals surface area (Å²) in [4.78, 5) is 29.0. The van der Waals surface area contributed by atoms with Gasteiger partial charge in [0.2, 0.25) is 11.8 Å². The monoisotopic (exact) mass is 364 g/mol. The maximum absolute atomic E-state index is 12.4. The molecule has 0 saturated carbocycles. The number of hydrogen-bond donors (Lipinski definition) is 1. The molecule has 0 radical (unpaired) electrons. The lowest BCUT2D eigenvalue weighted by Crippen LogP contribution is -2.25. The van der Waals surface area contributed by atoms with E-state index in [0.717, 1.165) is 40.3 Å². The molecule has 1 N–H and O–H groups in total. The van der Waals surface area contributed by atoms with Crippen molar-refractivity contribution in [2.75, 3.05) is 11.9 Å². The van der Waals surface area contributed by atoms with Crippen molar-refractivity contribution in [3.8, 4) is 0 Å². The Morgan fingerprint density at radius 3 is 2.56 bits per heavy atom. The van der Waals surface area contributed by atoms with Gasteiger partial charge in [0.05, 0.1) is 23.6 Å². The fourth-order valence-corrected chi connectivity index (χ4v) is 3.23. The molecule has 2 aromatic rings. The molecule has 140 valence electrons. The van der Waals surface area contributed by atoms with E-state index >= 15 is 0 Å². The Bertz CT molecular complexity index is 867. The van der Waals surface area contributed by atoms with E-state index in [1.165, 1.54) is 5.01 Å². The topological polar surface area (TPSA) is 74.7 Å². The normalized spacial score (nSPS) is 13.4. The predicted octanol–water partition coefficient (Wildman–Crippen LogP) is 3.36. The van der Waals surface area contributed by atoms with Crippen LogP contribution in [0.25, 0.3) is 0 Å². The van der Waals surface area contributed by atoms with E-state index < -0.39 is 0 Å². The van der Waals surface area contributed by atoms with E-state index in [2.05, 4.69) is 15.4 Å². The second kappa shape index (κ2) is 8.12. The first-order valence-corrected chi connectivity index (χ1v) is 9.12. The molecule has 0 saturated heterocycles. The number of carbonyl (C=O) groups is 2. The number of amides is 2. The largest absolute Gasteiger partial charge is 0.324 e. The second-order valence-electron chi connectivity index (χ2n) is 6.77. The first-order valence-electron chi connectivity index (χ1n) is 9.12. The molecule has 1 aromatic carbocycles. The summed E-state index contributed by atoms with van der Waals surface area (Å²) in [5.74, 6) is -0.321. The maximum Gasteiger partial charge on any atom is 0.243 e. The number of aromatic nitrogens is 1. The molecule has 0 fully saturated rings. The molecule has 3 rings (SSSR count). The van der Waals surface area contributed by atoms with Crippen LogP contribution in [0.2, 0.25) is 0 Å². The van der Waals surface area contributed by atoms with Crippen LogP contribution in [-0.2, 0) is 9.59 Å². The van der Waals surface area contributed by atoms with Crippen molar-refractivity contribution in [3.05, 3.63) is 58.9 Å². The van der Waals surface area contributed by atoms with Crippen LogP contribution in [0.15, 0.2) is 41.5 Å². The van der Waals surface area contributed by atoms with E-state index in [1.807, 2.05) is 57.2 Å². The van der Waals surface area contributed by atoms with Gasteiger partial charge < -0.3 is 5.32 Å². The fourth-order valence-electron chi connectivity index (χ4n) is 3.23. The van der Waals surface area contributed by atoms with E-state index in [0.29, 0.717) is 6.54 Å². The summed E-state index contributed by atoms with van der Waals surface area (Å²) in [6.45, 7) is 6.28. The molecule has 0 bridgehead atoms. The lowest BCUT2D eigenvalue weighted by Gasteiger charge is -2.13. The van der Waals surface area contributed by atoms with E-state index in [-0.39, 0.29) is 24.7 Å². The standard InChI is InChI=1S/C21H24N4O2/c1-14-13-15(2)22-16(3)21(14)23-19(26)9-10-20(27)25-12-11-18(24-25)17-7-5-4-6-8-17/h4-8,13H,9-12H2,1-3H3,(H,23,26). The Labute approximate surface area is 159 Å². The summed E-state index contributed by atoms with van der Waals surface area (Å²) < 4.78 is 0. The molecule has 0 aliphatic carbocycles. The predicted molar refractivity (Wildman–Crippen MR) is 106 cm³/mol. The van der Waals surface area contributed by atoms with Crippen LogP contribution in [0, 0.1) is 20.8 Å². The number of hydrazone groups is 1. The van der Waals surface area contributed by atoms with Crippen molar-refractivity contribution < 1.29 is 9.59 Å². The third-order valence-electron chi connectivity index (χ3n) is 4.55. The molecule has 2 heterocycles. The minimum absolute atomic E-state index is 0.123. The van der Waals surface area contributed by atoms with Crippen molar-refractivity contribution >= 4 is 23.2 Å². The molecule has 1 aromatic heterocycles. The van der Waals surface area contributed by atoms with Crippen molar-refractivity contribution in [2.24, 2.45) is 5.10 Å². The molecule has 27 heavy (non-hydrogen) atoms. The summed E-state index contributed by atoms with van der Waals surface area (Å²) in [5.41, 5.74) is 5.33. The lowest BCUT2D eigenvalue weighted by atomic mass is 10.1. The summed E-state index contributed by atoms with van der Waals surface area (Å²) in [7, 11) is 0. The van der Waals surface area contributed by atoms with Gasteiger partial charge in [0.1, 0.15) is 0 Å². The van der Waals surface area contributed by atoms with Crippen LogP contribution in [0.1, 0.15) is 41.8 Å². The summed E-state index contributed by atoms with van der Waals surface area (Å²) in [6, 6.07) is 11.8. The number of aryl methyl sites for hydroxylation is 3. The quantitative estimate of drug-likeness (QED) is 0.884. The first kappa shape index (κ1) is 18.8. The smallest absolute Gasteiger partial charge is 0.243 e. The minimum Gasteiger partial charge on any atom is -0.324 e. The number of nitrogens with one attached hydrogen (secondary N) is 1. The summed E-state index contributed by atoms with van der Waals surface area (Å²) in [6.07, 6.45) is 0.989. The molecular formula is C21H24N4O2. The van der Waals surface area contributed by atoms with Gasteiger partial charge in [-0.05, 0) is 38.0 Å². The highest BCUT2D eigenvalue weighted by Gasteiger charge is 2.22. The Kier molecular flexibility index (Phi) is 5.64. The van der Waals surface area contributed by atoms with Crippen LogP contribution < -0.4 is 5.32 Å². The van der Waals surface area contributed by atoms with Crippen molar-refractivity contribution in [2.45, 2.75) is 40.0 Å². The second-order valence-corrected chi connectivity index (χ2v) is 6.77. The third kappa shape index (κ3) is 4.58. The van der Waals surface area contributed by atoms with Gasteiger partial charge in [0.15, 0.2) is 0 Å².